The number of urea groups is 1. The first-order valence-corrected chi connectivity index (χ1v) is 7.39. The third-order valence-electron chi connectivity index (χ3n) is 5.33. The van der Waals surface area contributed by atoms with Crippen molar-refractivity contribution in [1.29, 1.82) is 0 Å². The average molecular weight is 251 g/mol. The summed E-state index contributed by atoms with van der Waals surface area (Å²) >= 11 is 0. The minimum atomic E-state index is 0.0675. The molecule has 0 atom stereocenters. The van der Waals surface area contributed by atoms with Gasteiger partial charge in [-0.15, -0.1) is 0 Å². The van der Waals surface area contributed by atoms with E-state index in [4.69, 9.17) is 5.73 Å². The van der Waals surface area contributed by atoms with Crippen LogP contribution in [0.5, 0.6) is 0 Å². The largest absolute Gasteiger partial charge is 0.335 e. The lowest BCUT2D eigenvalue weighted by Gasteiger charge is -2.54. The molecule has 4 nitrogen and oxygen atoms in total. The van der Waals surface area contributed by atoms with Crippen molar-refractivity contribution in [3.63, 3.8) is 0 Å². The number of nitrogens with two attached hydrogens (primary N) is 1. The van der Waals surface area contributed by atoms with Crippen molar-refractivity contribution in [2.45, 2.75) is 38.1 Å². The summed E-state index contributed by atoms with van der Waals surface area (Å²) in [6.45, 7) is 1.17. The van der Waals surface area contributed by atoms with Crippen molar-refractivity contribution in [3.05, 3.63) is 0 Å². The zero-order chi connectivity index (χ0) is 12.7. The van der Waals surface area contributed by atoms with Gasteiger partial charge in [0, 0.05) is 26.2 Å². The second-order valence-electron chi connectivity index (χ2n) is 6.62. The summed E-state index contributed by atoms with van der Waals surface area (Å²) in [5.74, 6) is 3.41. The lowest BCUT2D eigenvalue weighted by atomic mass is 9.54. The number of nitrogens with one attached hydrogen (secondary N) is 1. The molecule has 4 fully saturated rings. The molecule has 4 saturated carbocycles. The third-order valence-corrected chi connectivity index (χ3v) is 5.33. The monoisotopic (exact) mass is 251 g/mol. The van der Waals surface area contributed by atoms with Gasteiger partial charge in [0.1, 0.15) is 0 Å². The summed E-state index contributed by atoms with van der Waals surface area (Å²) in [4.78, 5) is 13.8. The molecule has 3 N–H and O–H groups in total. The number of likely N-dealkylation sites (N-methyl/N-ethyl adjacent to an activating group) is 1. The summed E-state index contributed by atoms with van der Waals surface area (Å²) in [5, 5.41) is 3.28. The topological polar surface area (TPSA) is 58.4 Å². The third kappa shape index (κ3) is 2.11. The molecular formula is C14H25N3O. The first kappa shape index (κ1) is 12.3. The lowest BCUT2D eigenvalue weighted by molar-refractivity contribution is -0.0107. The van der Waals surface area contributed by atoms with Crippen LogP contribution in [0.25, 0.3) is 0 Å². The molecule has 4 aliphatic carbocycles. The number of rotatable bonds is 3. The first-order valence-electron chi connectivity index (χ1n) is 7.39. The van der Waals surface area contributed by atoms with Gasteiger partial charge >= 0.3 is 6.03 Å². The smallest absolute Gasteiger partial charge is 0.317 e. The second-order valence-corrected chi connectivity index (χ2v) is 6.62. The fourth-order valence-corrected chi connectivity index (χ4v) is 4.71. The van der Waals surface area contributed by atoms with E-state index in [-0.39, 0.29) is 6.03 Å². The van der Waals surface area contributed by atoms with Gasteiger partial charge in [-0.2, -0.15) is 0 Å². The predicted octanol–water partition coefficient (Wildman–Crippen LogP) is 1.41. The molecule has 102 valence electrons. The van der Waals surface area contributed by atoms with Gasteiger partial charge in [0.05, 0.1) is 0 Å². The molecule has 18 heavy (non-hydrogen) atoms. The summed E-state index contributed by atoms with van der Waals surface area (Å²) in [6.07, 6.45) is 6.84. The van der Waals surface area contributed by atoms with Crippen LogP contribution >= 0.6 is 0 Å². The van der Waals surface area contributed by atoms with E-state index in [2.05, 4.69) is 5.32 Å². The van der Waals surface area contributed by atoms with Gasteiger partial charge in [-0.1, -0.05) is 0 Å². The molecule has 0 radical (unpaired) electrons. The number of hydrogen-bond acceptors (Lipinski definition) is 2. The number of hydrogen-bond donors (Lipinski definition) is 2. The standard InChI is InChI=1S/C14H25N3O/c1-17(3-2-15)14(18)16-13-11-5-9-4-10(7-11)8-12(13)6-9/h9-13H,2-8,15H2,1H3,(H,16,18). The van der Waals surface area contributed by atoms with Crippen LogP contribution in [0.4, 0.5) is 4.79 Å². The molecule has 0 heterocycles. The highest BCUT2D eigenvalue weighted by atomic mass is 16.2. The van der Waals surface area contributed by atoms with E-state index >= 15 is 0 Å². The molecule has 0 aromatic rings. The number of nitrogens with zero attached hydrogens (tertiary/aromatic N) is 1. The second kappa shape index (κ2) is 4.72. The summed E-state index contributed by atoms with van der Waals surface area (Å²) in [6, 6.07) is 0.503. The summed E-state index contributed by atoms with van der Waals surface area (Å²) in [7, 11) is 1.83. The van der Waals surface area contributed by atoms with E-state index < -0.39 is 0 Å². The predicted molar refractivity (Wildman–Crippen MR) is 71.0 cm³/mol. The van der Waals surface area contributed by atoms with E-state index in [9.17, 15) is 4.79 Å². The quantitative estimate of drug-likeness (QED) is 0.797. The molecule has 4 heteroatoms. The zero-order valence-electron chi connectivity index (χ0n) is 11.3. The summed E-state index contributed by atoms with van der Waals surface area (Å²) < 4.78 is 0. The van der Waals surface area contributed by atoms with Crippen LogP contribution in [0.2, 0.25) is 0 Å². The highest BCUT2D eigenvalue weighted by Gasteiger charge is 2.48. The maximum Gasteiger partial charge on any atom is 0.317 e. The zero-order valence-corrected chi connectivity index (χ0v) is 11.3. The van der Waals surface area contributed by atoms with Gasteiger partial charge in [-0.25, -0.2) is 4.79 Å². The van der Waals surface area contributed by atoms with Crippen molar-refractivity contribution < 1.29 is 4.79 Å². The van der Waals surface area contributed by atoms with E-state index in [1.165, 1.54) is 32.1 Å². The van der Waals surface area contributed by atoms with Crippen molar-refractivity contribution in [2.75, 3.05) is 20.1 Å². The van der Waals surface area contributed by atoms with Crippen LogP contribution in [0, 0.1) is 23.7 Å². The number of carbonyl (C=O) groups excluding carboxylic acids is 1. The van der Waals surface area contributed by atoms with Gasteiger partial charge in [0.15, 0.2) is 0 Å². The fourth-order valence-electron chi connectivity index (χ4n) is 4.71. The van der Waals surface area contributed by atoms with Crippen LogP contribution in [0.1, 0.15) is 32.1 Å². The summed E-state index contributed by atoms with van der Waals surface area (Å²) in [5.41, 5.74) is 5.49. The molecule has 0 spiro atoms. The van der Waals surface area contributed by atoms with Gasteiger partial charge in [0.25, 0.3) is 0 Å². The van der Waals surface area contributed by atoms with Gasteiger partial charge < -0.3 is 16.0 Å². The van der Waals surface area contributed by atoms with Crippen molar-refractivity contribution >= 4 is 6.03 Å². The Labute approximate surface area is 109 Å². The Morgan fingerprint density at radius 3 is 2.22 bits per heavy atom. The van der Waals surface area contributed by atoms with E-state index in [0.29, 0.717) is 19.1 Å². The maximum atomic E-state index is 12.1. The molecule has 4 bridgehead atoms. The van der Waals surface area contributed by atoms with Crippen LogP contribution in [0.3, 0.4) is 0 Å². The molecule has 0 aliphatic heterocycles. The fraction of sp³-hybridized carbons (Fsp3) is 0.929. The molecule has 0 saturated heterocycles. The Morgan fingerprint density at radius 2 is 1.72 bits per heavy atom. The normalized spacial score (nSPS) is 40.9. The SMILES string of the molecule is CN(CCN)C(=O)NC1C2CC3CC(C2)CC1C3. The van der Waals surface area contributed by atoms with Crippen LogP contribution in [-0.4, -0.2) is 37.1 Å². The van der Waals surface area contributed by atoms with Crippen molar-refractivity contribution in [2.24, 2.45) is 29.4 Å². The number of amides is 2. The maximum absolute atomic E-state index is 12.1. The van der Waals surface area contributed by atoms with Crippen LogP contribution < -0.4 is 11.1 Å². The Hall–Kier alpha value is -0.770. The van der Waals surface area contributed by atoms with Crippen molar-refractivity contribution in [3.8, 4) is 0 Å². The van der Waals surface area contributed by atoms with Gasteiger partial charge in [-0.3, -0.25) is 0 Å². The van der Waals surface area contributed by atoms with Gasteiger partial charge in [-0.05, 0) is 55.8 Å². The lowest BCUT2D eigenvalue weighted by Crippen LogP contribution is -2.57. The molecule has 0 aromatic carbocycles. The van der Waals surface area contributed by atoms with Gasteiger partial charge in [0.2, 0.25) is 0 Å². The highest BCUT2D eigenvalue weighted by Crippen LogP contribution is 2.53. The first-order chi connectivity index (χ1) is 8.67. The molecule has 0 unspecified atom stereocenters. The molecule has 4 rings (SSSR count). The molecular weight excluding hydrogens is 226 g/mol. The average Bonchev–Trinajstić information content (AvgIpc) is 2.33. The Kier molecular flexibility index (Phi) is 3.22. The number of carbonyl (C=O) groups is 1. The van der Waals surface area contributed by atoms with Crippen LogP contribution in [0.15, 0.2) is 0 Å². The molecule has 0 aromatic heterocycles. The van der Waals surface area contributed by atoms with Crippen LogP contribution in [-0.2, 0) is 0 Å². The van der Waals surface area contributed by atoms with Crippen molar-refractivity contribution in [1.82, 2.24) is 10.2 Å². The van der Waals surface area contributed by atoms with E-state index in [1.54, 1.807) is 4.90 Å². The van der Waals surface area contributed by atoms with E-state index in [1.807, 2.05) is 7.05 Å². The minimum Gasteiger partial charge on any atom is -0.335 e. The Balaban J connectivity index is 1.61. The minimum absolute atomic E-state index is 0.0675. The Morgan fingerprint density at radius 1 is 1.17 bits per heavy atom. The van der Waals surface area contributed by atoms with E-state index in [0.717, 1.165) is 23.7 Å². The highest BCUT2D eigenvalue weighted by molar-refractivity contribution is 5.74. The Bertz CT molecular complexity index is 303. The molecule has 4 aliphatic rings. The molecule has 2 amide bonds.